The highest BCUT2D eigenvalue weighted by molar-refractivity contribution is 7.15. The van der Waals surface area contributed by atoms with Crippen LogP contribution in [-0.2, 0) is 12.6 Å². The van der Waals surface area contributed by atoms with Crippen LogP contribution < -0.4 is 10.0 Å². The quantitative estimate of drug-likeness (QED) is 0.556. The Morgan fingerprint density at radius 3 is 2.81 bits per heavy atom. The lowest BCUT2D eigenvalue weighted by Crippen LogP contribution is -2.27. The number of aromatic nitrogens is 2. The van der Waals surface area contributed by atoms with Crippen molar-refractivity contribution in [3.05, 3.63) is 81.8 Å². The molecule has 0 radical (unpaired) electrons. The maximum absolute atomic E-state index is 12.8. The number of alkyl halides is 3. The van der Waals surface area contributed by atoms with Gasteiger partial charge in [-0.3, -0.25) is 10.1 Å². The van der Waals surface area contributed by atoms with Crippen molar-refractivity contribution in [3.63, 3.8) is 0 Å². The molecule has 134 valence electrons. The van der Waals surface area contributed by atoms with E-state index < -0.39 is 17.6 Å². The number of thiazole rings is 1. The number of carbonyl (C=O) groups is 1. The number of amides is 1. The number of nitrogens with zero attached hydrogens (tertiary/aromatic N) is 2. The molecule has 0 unspecified atom stereocenters. The van der Waals surface area contributed by atoms with Crippen LogP contribution in [0.3, 0.4) is 0 Å². The van der Waals surface area contributed by atoms with Gasteiger partial charge in [0.05, 0.1) is 5.56 Å². The van der Waals surface area contributed by atoms with Crippen LogP contribution in [0.2, 0.25) is 0 Å². The average molecular weight is 379 g/mol. The second-order valence-electron chi connectivity index (χ2n) is 5.41. The number of rotatable bonds is 4. The lowest BCUT2D eigenvalue weighted by atomic mass is 10.1. The molecule has 9 heteroatoms. The lowest BCUT2D eigenvalue weighted by molar-refractivity contribution is -0.605. The van der Waals surface area contributed by atoms with E-state index in [0.717, 1.165) is 29.7 Å². The number of halogens is 3. The molecule has 0 saturated heterocycles. The highest BCUT2D eigenvalue weighted by Crippen LogP contribution is 2.30. The molecule has 1 N–H and O–H groups in total. The largest absolute Gasteiger partial charge is 0.619 e. The van der Waals surface area contributed by atoms with Gasteiger partial charge in [-0.05, 0) is 17.7 Å². The number of hydrogen-bond donors (Lipinski definition) is 1. The summed E-state index contributed by atoms with van der Waals surface area (Å²) in [6, 6.07) is 8.00. The Morgan fingerprint density at radius 1 is 1.27 bits per heavy atom. The predicted octanol–water partition coefficient (Wildman–Crippen LogP) is 3.64. The zero-order chi connectivity index (χ0) is 18.7. The maximum atomic E-state index is 12.8. The number of hydrogen-bond acceptors (Lipinski definition) is 4. The molecule has 1 aromatic carbocycles. The van der Waals surface area contributed by atoms with Crippen LogP contribution in [0.25, 0.3) is 0 Å². The van der Waals surface area contributed by atoms with Gasteiger partial charge in [0.1, 0.15) is 5.56 Å². The number of pyridine rings is 1. The fraction of sp³-hybridized carbons (Fsp3) is 0.118. The molecule has 0 spiro atoms. The molecule has 0 aliphatic carbocycles. The highest BCUT2D eigenvalue weighted by atomic mass is 32.1. The molecule has 0 atom stereocenters. The molecular weight excluding hydrogens is 367 g/mol. The molecule has 1 amide bonds. The summed E-state index contributed by atoms with van der Waals surface area (Å²) >= 11 is 1.16. The van der Waals surface area contributed by atoms with Crippen molar-refractivity contribution in [1.82, 2.24) is 4.98 Å². The first-order chi connectivity index (χ1) is 12.3. The van der Waals surface area contributed by atoms with E-state index in [1.54, 1.807) is 6.07 Å². The van der Waals surface area contributed by atoms with Crippen LogP contribution in [0, 0.1) is 5.21 Å². The van der Waals surface area contributed by atoms with Gasteiger partial charge in [-0.15, -0.1) is 11.3 Å². The Labute approximate surface area is 150 Å². The maximum Gasteiger partial charge on any atom is 0.416 e. The lowest BCUT2D eigenvalue weighted by Gasteiger charge is -2.07. The third-order valence-electron chi connectivity index (χ3n) is 3.44. The van der Waals surface area contributed by atoms with Crippen LogP contribution in [0.15, 0.2) is 55.0 Å². The summed E-state index contributed by atoms with van der Waals surface area (Å²) in [5, 5.41) is 14.1. The van der Waals surface area contributed by atoms with E-state index >= 15 is 0 Å². The molecule has 2 aromatic heterocycles. The molecule has 3 aromatic rings. The van der Waals surface area contributed by atoms with Crippen LogP contribution in [-0.4, -0.2) is 10.9 Å². The molecule has 5 nitrogen and oxygen atoms in total. The third kappa shape index (κ3) is 4.37. The standard InChI is InChI=1S/C17H12F3N3O2S/c18-17(19,20)13-5-1-3-11(7-13)8-14-9-21-16(26-14)22-15(24)12-4-2-6-23(25)10-12/h1-7,9-10H,8H2,(H,21,22,24). The summed E-state index contributed by atoms with van der Waals surface area (Å²) in [7, 11) is 0. The fourth-order valence-corrected chi connectivity index (χ4v) is 3.11. The van der Waals surface area contributed by atoms with E-state index in [-0.39, 0.29) is 12.0 Å². The average Bonchev–Trinajstić information content (AvgIpc) is 3.01. The summed E-state index contributed by atoms with van der Waals surface area (Å²) in [5.41, 5.74) is -0.0306. The number of carbonyl (C=O) groups excluding carboxylic acids is 1. The first-order valence-electron chi connectivity index (χ1n) is 7.42. The monoisotopic (exact) mass is 379 g/mol. The van der Waals surface area contributed by atoms with Crippen molar-refractivity contribution in [2.75, 3.05) is 5.32 Å². The topological polar surface area (TPSA) is 68.9 Å². The zero-order valence-electron chi connectivity index (χ0n) is 13.2. The van der Waals surface area contributed by atoms with E-state index in [1.807, 2.05) is 0 Å². The van der Waals surface area contributed by atoms with Crippen molar-refractivity contribution in [2.45, 2.75) is 12.6 Å². The molecule has 2 heterocycles. The van der Waals surface area contributed by atoms with E-state index in [0.29, 0.717) is 20.3 Å². The van der Waals surface area contributed by atoms with Crippen LogP contribution >= 0.6 is 11.3 Å². The Balaban J connectivity index is 1.70. The summed E-state index contributed by atoms with van der Waals surface area (Å²) in [6.07, 6.45) is -0.237. The van der Waals surface area contributed by atoms with Gasteiger partial charge >= 0.3 is 6.18 Å². The molecular formula is C17H12F3N3O2S. The minimum atomic E-state index is -4.39. The molecule has 0 aliphatic rings. The van der Waals surface area contributed by atoms with Crippen LogP contribution in [0.1, 0.15) is 26.4 Å². The van der Waals surface area contributed by atoms with Crippen molar-refractivity contribution in [1.29, 1.82) is 0 Å². The van der Waals surface area contributed by atoms with E-state index in [9.17, 15) is 23.2 Å². The normalized spacial score (nSPS) is 11.3. The van der Waals surface area contributed by atoms with Crippen molar-refractivity contribution < 1.29 is 22.7 Å². The molecule has 26 heavy (non-hydrogen) atoms. The van der Waals surface area contributed by atoms with Gasteiger partial charge < -0.3 is 5.21 Å². The van der Waals surface area contributed by atoms with Gasteiger partial charge in [-0.1, -0.05) is 18.2 Å². The van der Waals surface area contributed by atoms with Crippen LogP contribution in [0.5, 0.6) is 0 Å². The van der Waals surface area contributed by atoms with Gasteiger partial charge in [0.2, 0.25) is 0 Å². The van der Waals surface area contributed by atoms with Gasteiger partial charge in [-0.2, -0.15) is 17.9 Å². The predicted molar refractivity (Wildman–Crippen MR) is 89.7 cm³/mol. The van der Waals surface area contributed by atoms with Crippen molar-refractivity contribution in [3.8, 4) is 0 Å². The molecule has 0 bridgehead atoms. The Kier molecular flexibility index (Phi) is 4.90. The molecule has 0 aliphatic heterocycles. The minimum absolute atomic E-state index is 0.178. The van der Waals surface area contributed by atoms with Gasteiger partial charge in [0.25, 0.3) is 5.91 Å². The van der Waals surface area contributed by atoms with Crippen molar-refractivity contribution >= 4 is 22.4 Å². The summed E-state index contributed by atoms with van der Waals surface area (Å²) < 4.78 is 38.8. The number of benzene rings is 1. The molecule has 0 saturated carbocycles. The Bertz CT molecular complexity index is 941. The first-order valence-corrected chi connectivity index (χ1v) is 8.24. The second kappa shape index (κ2) is 7.12. The van der Waals surface area contributed by atoms with Crippen molar-refractivity contribution in [2.24, 2.45) is 0 Å². The smallest absolute Gasteiger partial charge is 0.416 e. The van der Waals surface area contributed by atoms with E-state index in [2.05, 4.69) is 10.3 Å². The minimum Gasteiger partial charge on any atom is -0.619 e. The van der Waals surface area contributed by atoms with Gasteiger partial charge in [-0.25, -0.2) is 4.98 Å². The van der Waals surface area contributed by atoms with E-state index in [1.165, 1.54) is 30.6 Å². The molecule has 0 fully saturated rings. The number of nitrogens with one attached hydrogen (secondary N) is 1. The summed E-state index contributed by atoms with van der Waals surface area (Å²) in [6.45, 7) is 0. The summed E-state index contributed by atoms with van der Waals surface area (Å²) in [5.74, 6) is -0.491. The highest BCUT2D eigenvalue weighted by Gasteiger charge is 2.30. The molecule has 3 rings (SSSR count). The Hall–Kier alpha value is -2.94. The zero-order valence-corrected chi connectivity index (χ0v) is 14.0. The number of anilines is 1. The Morgan fingerprint density at radius 2 is 2.08 bits per heavy atom. The van der Waals surface area contributed by atoms with Crippen LogP contribution in [0.4, 0.5) is 18.3 Å². The van der Waals surface area contributed by atoms with Gasteiger partial charge in [0.15, 0.2) is 17.5 Å². The first kappa shape index (κ1) is 17.9. The third-order valence-corrected chi connectivity index (χ3v) is 4.36. The fourth-order valence-electron chi connectivity index (χ4n) is 2.26. The van der Waals surface area contributed by atoms with E-state index in [4.69, 9.17) is 0 Å². The van der Waals surface area contributed by atoms with Gasteiger partial charge in [0, 0.05) is 23.6 Å². The SMILES string of the molecule is O=C(Nc1ncc(Cc2cccc(C(F)(F)F)c2)s1)c1ccc[n+]([O-])c1. The summed E-state index contributed by atoms with van der Waals surface area (Å²) in [4.78, 5) is 16.8. The second-order valence-corrected chi connectivity index (χ2v) is 6.53.